The molecule has 0 radical (unpaired) electrons. The number of aliphatic imine (C=N–C) groups is 1. The smallest absolute Gasteiger partial charge is 0.235 e. The van der Waals surface area contributed by atoms with E-state index < -0.39 is 0 Å². The van der Waals surface area contributed by atoms with E-state index in [9.17, 15) is 4.79 Å². The Labute approximate surface area is 99.6 Å². The maximum absolute atomic E-state index is 12.0. The van der Waals surface area contributed by atoms with Crippen molar-refractivity contribution in [1.82, 2.24) is 14.8 Å². The van der Waals surface area contributed by atoms with E-state index in [1.54, 1.807) is 17.9 Å². The number of hydrogen-bond acceptors (Lipinski definition) is 4. The van der Waals surface area contributed by atoms with E-state index in [1.165, 1.54) is 6.20 Å². The first-order valence-electron chi connectivity index (χ1n) is 5.54. The molecule has 1 aromatic rings. The van der Waals surface area contributed by atoms with Gasteiger partial charge in [0.25, 0.3) is 0 Å². The van der Waals surface area contributed by atoms with E-state index in [0.29, 0.717) is 5.56 Å². The summed E-state index contributed by atoms with van der Waals surface area (Å²) in [6.07, 6.45) is 5.37. The molecule has 0 aliphatic carbocycles. The molecule has 90 valence electrons. The summed E-state index contributed by atoms with van der Waals surface area (Å²) >= 11 is 0. The molecule has 0 N–H and O–H groups in total. The lowest BCUT2D eigenvalue weighted by Gasteiger charge is -2.10. The Morgan fingerprint density at radius 2 is 2.18 bits per heavy atom. The number of carbonyl (C=O) groups is 1. The predicted octanol–water partition coefficient (Wildman–Crippen LogP) is 0.713. The molecule has 6 heteroatoms. The Bertz CT molecular complexity index is 456. The van der Waals surface area contributed by atoms with Gasteiger partial charge in [0, 0.05) is 26.3 Å². The molecular formula is C11H15N5O. The largest absolute Gasteiger partial charge is 0.295 e. The number of Topliss-reactive ketones (excluding diaryl/α,β-unsaturated/α-hetero) is 1. The third-order valence-electron chi connectivity index (χ3n) is 2.64. The average Bonchev–Trinajstić information content (AvgIpc) is 2.96. The highest BCUT2D eigenvalue weighted by atomic mass is 16.1. The summed E-state index contributed by atoms with van der Waals surface area (Å²) in [6, 6.07) is 0. The molecule has 1 saturated heterocycles. The molecule has 0 amide bonds. The predicted molar refractivity (Wildman–Crippen MR) is 65.3 cm³/mol. The standard InChI is InChI=1S/C11H15N5O/c1-12-11(14-16-5-3-4-6-16)10(17)9-7-13-15(2)8-9/h7-8H,1,3-6H2,2H3/b14-11-. The van der Waals surface area contributed by atoms with Crippen molar-refractivity contribution >= 4 is 18.3 Å². The first-order valence-corrected chi connectivity index (χ1v) is 5.54. The zero-order valence-electron chi connectivity index (χ0n) is 9.83. The molecule has 0 saturated carbocycles. The van der Waals surface area contributed by atoms with E-state index in [4.69, 9.17) is 0 Å². The molecule has 1 fully saturated rings. The highest BCUT2D eigenvalue weighted by Crippen LogP contribution is 2.09. The molecule has 1 aliphatic heterocycles. The third kappa shape index (κ3) is 2.58. The molecule has 1 aliphatic rings. The van der Waals surface area contributed by atoms with Crippen LogP contribution in [-0.4, -0.2) is 46.2 Å². The molecule has 0 bridgehead atoms. The molecule has 2 rings (SSSR count). The van der Waals surface area contributed by atoms with E-state index in [0.717, 1.165) is 25.9 Å². The summed E-state index contributed by atoms with van der Waals surface area (Å²) in [5.74, 6) is -0.0973. The first kappa shape index (κ1) is 11.5. The fourth-order valence-corrected chi connectivity index (χ4v) is 1.75. The van der Waals surface area contributed by atoms with Crippen molar-refractivity contribution in [3.05, 3.63) is 18.0 Å². The monoisotopic (exact) mass is 233 g/mol. The molecule has 0 unspecified atom stereocenters. The summed E-state index contributed by atoms with van der Waals surface area (Å²) in [5.41, 5.74) is 0.484. The minimum Gasteiger partial charge on any atom is -0.295 e. The number of nitrogens with zero attached hydrogens (tertiary/aromatic N) is 5. The number of hydrazone groups is 1. The van der Waals surface area contributed by atoms with Gasteiger partial charge in [-0.05, 0) is 19.6 Å². The molecule has 2 heterocycles. The summed E-state index contributed by atoms with van der Waals surface area (Å²) < 4.78 is 1.57. The van der Waals surface area contributed by atoms with E-state index in [-0.39, 0.29) is 11.6 Å². The van der Waals surface area contributed by atoms with Crippen molar-refractivity contribution < 1.29 is 4.79 Å². The van der Waals surface area contributed by atoms with Crippen LogP contribution in [0.3, 0.4) is 0 Å². The molecule has 6 nitrogen and oxygen atoms in total. The summed E-state index contributed by atoms with van der Waals surface area (Å²) in [6.45, 7) is 5.15. The van der Waals surface area contributed by atoms with E-state index in [1.807, 2.05) is 5.01 Å². The first-order chi connectivity index (χ1) is 8.20. The van der Waals surface area contributed by atoms with Crippen LogP contribution in [0, 0.1) is 0 Å². The van der Waals surface area contributed by atoms with Crippen LogP contribution in [0.4, 0.5) is 0 Å². The van der Waals surface area contributed by atoms with Crippen molar-refractivity contribution in [3.8, 4) is 0 Å². The normalized spacial score (nSPS) is 16.3. The molecule has 1 aromatic heterocycles. The van der Waals surface area contributed by atoms with Crippen LogP contribution in [0.5, 0.6) is 0 Å². The number of aryl methyl sites for hydroxylation is 1. The second kappa shape index (κ2) is 4.90. The van der Waals surface area contributed by atoms with Crippen molar-refractivity contribution in [1.29, 1.82) is 0 Å². The Morgan fingerprint density at radius 3 is 2.71 bits per heavy atom. The van der Waals surface area contributed by atoms with Crippen LogP contribution in [0.2, 0.25) is 0 Å². The van der Waals surface area contributed by atoms with Gasteiger partial charge >= 0.3 is 0 Å². The number of rotatable bonds is 3. The third-order valence-corrected chi connectivity index (χ3v) is 2.64. The second-order valence-corrected chi connectivity index (χ2v) is 3.97. The number of hydrogen-bond donors (Lipinski definition) is 0. The lowest BCUT2D eigenvalue weighted by molar-refractivity contribution is 0.106. The molecule has 0 spiro atoms. The van der Waals surface area contributed by atoms with Gasteiger partial charge in [0.05, 0.1) is 11.8 Å². The molecular weight excluding hydrogens is 218 g/mol. The fraction of sp³-hybridized carbons (Fsp3) is 0.455. The molecule has 0 aromatic carbocycles. The van der Waals surface area contributed by atoms with Crippen LogP contribution < -0.4 is 0 Å². The summed E-state index contributed by atoms with van der Waals surface area (Å²) in [7, 11) is 1.76. The second-order valence-electron chi connectivity index (χ2n) is 3.97. The van der Waals surface area contributed by atoms with Gasteiger partial charge in [-0.3, -0.25) is 14.5 Å². The highest BCUT2D eigenvalue weighted by Gasteiger charge is 2.17. The van der Waals surface area contributed by atoms with Crippen LogP contribution >= 0.6 is 0 Å². The van der Waals surface area contributed by atoms with Crippen molar-refractivity contribution in [2.45, 2.75) is 12.8 Å². The Hall–Kier alpha value is -1.98. The van der Waals surface area contributed by atoms with Gasteiger partial charge in [0.1, 0.15) is 0 Å². The minimum atomic E-state index is -0.236. The Balaban J connectivity index is 2.17. The van der Waals surface area contributed by atoms with Crippen LogP contribution in [0.15, 0.2) is 22.5 Å². The summed E-state index contributed by atoms with van der Waals surface area (Å²) in [5, 5.41) is 10.0. The van der Waals surface area contributed by atoms with Crippen LogP contribution in [-0.2, 0) is 7.05 Å². The zero-order valence-corrected chi connectivity index (χ0v) is 9.83. The maximum Gasteiger partial charge on any atom is 0.235 e. The van der Waals surface area contributed by atoms with Gasteiger partial charge in [0.2, 0.25) is 11.6 Å². The van der Waals surface area contributed by atoms with Gasteiger partial charge in [-0.25, -0.2) is 4.99 Å². The topological polar surface area (TPSA) is 62.9 Å². The Morgan fingerprint density at radius 1 is 1.47 bits per heavy atom. The van der Waals surface area contributed by atoms with Crippen molar-refractivity contribution in [3.63, 3.8) is 0 Å². The molecule has 0 atom stereocenters. The van der Waals surface area contributed by atoms with Gasteiger partial charge in [-0.2, -0.15) is 10.2 Å². The zero-order chi connectivity index (χ0) is 12.3. The van der Waals surface area contributed by atoms with Gasteiger partial charge in [-0.15, -0.1) is 0 Å². The molecule has 17 heavy (non-hydrogen) atoms. The Kier molecular flexibility index (Phi) is 3.32. The lowest BCUT2D eigenvalue weighted by Crippen LogP contribution is -2.19. The van der Waals surface area contributed by atoms with E-state index >= 15 is 0 Å². The van der Waals surface area contributed by atoms with Crippen molar-refractivity contribution in [2.24, 2.45) is 17.1 Å². The fourth-order valence-electron chi connectivity index (χ4n) is 1.75. The summed E-state index contributed by atoms with van der Waals surface area (Å²) in [4.78, 5) is 15.7. The van der Waals surface area contributed by atoms with Crippen LogP contribution in [0.1, 0.15) is 23.2 Å². The number of carbonyl (C=O) groups excluding carboxylic acids is 1. The lowest BCUT2D eigenvalue weighted by atomic mass is 10.2. The van der Waals surface area contributed by atoms with Gasteiger partial charge < -0.3 is 0 Å². The number of ketones is 1. The average molecular weight is 233 g/mol. The quantitative estimate of drug-likeness (QED) is 0.439. The van der Waals surface area contributed by atoms with Crippen LogP contribution in [0.25, 0.3) is 0 Å². The minimum absolute atomic E-state index is 0.139. The SMILES string of the molecule is C=N/C(=N\N1CCCC1)C(=O)c1cnn(C)c1. The van der Waals surface area contributed by atoms with Gasteiger partial charge in [-0.1, -0.05) is 0 Å². The number of amidine groups is 1. The van der Waals surface area contributed by atoms with Crippen molar-refractivity contribution in [2.75, 3.05) is 13.1 Å². The van der Waals surface area contributed by atoms with E-state index in [2.05, 4.69) is 21.9 Å². The maximum atomic E-state index is 12.0. The highest BCUT2D eigenvalue weighted by molar-refractivity contribution is 6.45. The number of aromatic nitrogens is 2. The van der Waals surface area contributed by atoms with Gasteiger partial charge in [0.15, 0.2) is 0 Å².